The highest BCUT2D eigenvalue weighted by atomic mass is 35.5. The number of H-pyrrole nitrogens is 1. The Morgan fingerprint density at radius 2 is 2.00 bits per heavy atom. The van der Waals surface area contributed by atoms with Crippen molar-refractivity contribution in [3.8, 4) is 0 Å². The van der Waals surface area contributed by atoms with E-state index in [2.05, 4.69) is 10.2 Å². The lowest BCUT2D eigenvalue weighted by Gasteiger charge is -2.34. The minimum atomic E-state index is -0.724. The van der Waals surface area contributed by atoms with Crippen LogP contribution in [0, 0.1) is 15.9 Å². The van der Waals surface area contributed by atoms with Gasteiger partial charge in [-0.05, 0) is 11.0 Å². The van der Waals surface area contributed by atoms with Crippen molar-refractivity contribution in [3.05, 3.63) is 56.5 Å². The molecule has 0 saturated carbocycles. The topological polar surface area (TPSA) is 95.4 Å². The normalized spacial score (nSPS) is 15.4. The van der Waals surface area contributed by atoms with Gasteiger partial charge in [0.05, 0.1) is 0 Å². The number of aromatic amines is 1. The van der Waals surface area contributed by atoms with Gasteiger partial charge in [-0.15, -0.1) is 5.10 Å². The van der Waals surface area contributed by atoms with Crippen LogP contribution in [0.25, 0.3) is 0 Å². The van der Waals surface area contributed by atoms with E-state index in [4.69, 9.17) is 11.6 Å². The summed E-state index contributed by atoms with van der Waals surface area (Å²) in [7, 11) is 0. The number of nitro groups is 1. The van der Waals surface area contributed by atoms with Gasteiger partial charge >= 0.3 is 5.82 Å². The molecule has 0 bridgehead atoms. The number of hydrogen-bond donors (Lipinski definition) is 1. The summed E-state index contributed by atoms with van der Waals surface area (Å²) in [6.07, 6.45) is 0. The summed E-state index contributed by atoms with van der Waals surface area (Å²) >= 11 is 5.85. The number of hydrogen-bond acceptors (Lipinski definition) is 5. The summed E-state index contributed by atoms with van der Waals surface area (Å²) < 4.78 is 13.7. The molecule has 1 amide bonds. The molecule has 0 unspecified atom stereocenters. The van der Waals surface area contributed by atoms with Crippen LogP contribution < -0.4 is 0 Å². The van der Waals surface area contributed by atoms with Crippen LogP contribution in [0.15, 0.2) is 24.3 Å². The summed E-state index contributed by atoms with van der Waals surface area (Å²) in [6, 6.07) is 6.57. The second-order valence-corrected chi connectivity index (χ2v) is 6.03. The largest absolute Gasteiger partial charge is 0.362 e. The fraction of sp³-hybridized carbons (Fsp3) is 0.333. The maximum absolute atomic E-state index is 13.7. The number of halogens is 2. The van der Waals surface area contributed by atoms with Crippen molar-refractivity contribution in [2.75, 3.05) is 26.2 Å². The van der Waals surface area contributed by atoms with Crippen LogP contribution in [0.4, 0.5) is 10.2 Å². The predicted octanol–water partition coefficient (Wildman–Crippen LogP) is 2.07. The predicted molar refractivity (Wildman–Crippen MR) is 87.8 cm³/mol. The lowest BCUT2D eigenvalue weighted by atomic mass is 10.2. The zero-order valence-electron chi connectivity index (χ0n) is 13.1. The molecule has 0 spiro atoms. The van der Waals surface area contributed by atoms with Crippen LogP contribution in [0.3, 0.4) is 0 Å². The first-order valence-electron chi connectivity index (χ1n) is 7.60. The zero-order chi connectivity index (χ0) is 18.0. The Morgan fingerprint density at radius 3 is 2.60 bits per heavy atom. The highest BCUT2D eigenvalue weighted by Crippen LogP contribution is 2.26. The van der Waals surface area contributed by atoms with Crippen LogP contribution in [0.1, 0.15) is 16.1 Å². The van der Waals surface area contributed by atoms with Crippen molar-refractivity contribution in [1.29, 1.82) is 0 Å². The van der Waals surface area contributed by atoms with E-state index < -0.39 is 16.6 Å². The maximum atomic E-state index is 13.7. The van der Waals surface area contributed by atoms with Gasteiger partial charge < -0.3 is 15.0 Å². The van der Waals surface area contributed by atoms with Gasteiger partial charge in [0.2, 0.25) is 0 Å². The van der Waals surface area contributed by atoms with Crippen LogP contribution in [0.2, 0.25) is 5.02 Å². The molecule has 1 aromatic heterocycles. The van der Waals surface area contributed by atoms with Gasteiger partial charge in [-0.2, -0.15) is 0 Å². The number of piperazine rings is 1. The lowest BCUT2D eigenvalue weighted by molar-refractivity contribution is -0.389. The van der Waals surface area contributed by atoms with Crippen LogP contribution in [-0.4, -0.2) is 57.0 Å². The monoisotopic (exact) mass is 367 g/mol. The molecule has 1 aromatic carbocycles. The quantitative estimate of drug-likeness (QED) is 0.659. The van der Waals surface area contributed by atoms with E-state index >= 15 is 0 Å². The smallest absolute Gasteiger partial charge is 0.358 e. The molecule has 1 aliphatic rings. The Balaban J connectivity index is 1.61. The second kappa shape index (κ2) is 7.16. The molecule has 0 radical (unpaired) electrons. The third kappa shape index (κ3) is 3.62. The van der Waals surface area contributed by atoms with Crippen LogP contribution in [0.5, 0.6) is 0 Å². The lowest BCUT2D eigenvalue weighted by Crippen LogP contribution is -2.48. The summed E-state index contributed by atoms with van der Waals surface area (Å²) in [5, 5.41) is 16.3. The Hall–Kier alpha value is -2.52. The van der Waals surface area contributed by atoms with E-state index in [1.54, 1.807) is 18.2 Å². The average Bonchev–Trinajstić information content (AvgIpc) is 2.99. The molecule has 25 heavy (non-hydrogen) atoms. The summed E-state index contributed by atoms with van der Waals surface area (Å²) in [4.78, 5) is 26.0. The Morgan fingerprint density at radius 1 is 1.32 bits per heavy atom. The van der Waals surface area contributed by atoms with E-state index in [-0.39, 0.29) is 16.5 Å². The number of carbonyl (C=O) groups excluding carboxylic acids is 1. The molecule has 0 atom stereocenters. The van der Waals surface area contributed by atoms with E-state index in [0.717, 1.165) is 0 Å². The van der Waals surface area contributed by atoms with Gasteiger partial charge in [-0.25, -0.2) is 4.39 Å². The minimum Gasteiger partial charge on any atom is -0.358 e. The Labute approximate surface area is 147 Å². The first-order valence-corrected chi connectivity index (χ1v) is 7.98. The average molecular weight is 368 g/mol. The number of aromatic nitrogens is 2. The van der Waals surface area contributed by atoms with Crippen molar-refractivity contribution in [3.63, 3.8) is 0 Å². The van der Waals surface area contributed by atoms with Crippen molar-refractivity contribution in [2.45, 2.75) is 6.54 Å². The summed E-state index contributed by atoms with van der Waals surface area (Å²) in [5.74, 6) is -1.21. The molecule has 1 aliphatic heterocycles. The molecule has 10 heteroatoms. The van der Waals surface area contributed by atoms with Gasteiger partial charge in [-0.3, -0.25) is 9.69 Å². The fourth-order valence-corrected chi connectivity index (χ4v) is 2.94. The molecular weight excluding hydrogens is 353 g/mol. The first kappa shape index (κ1) is 17.3. The summed E-state index contributed by atoms with van der Waals surface area (Å²) in [5.41, 5.74) is 0.448. The number of nitrogens with zero attached hydrogens (tertiary/aromatic N) is 4. The van der Waals surface area contributed by atoms with Crippen LogP contribution in [-0.2, 0) is 6.54 Å². The molecule has 2 heterocycles. The van der Waals surface area contributed by atoms with Gasteiger partial charge in [0.25, 0.3) is 5.91 Å². The molecule has 1 saturated heterocycles. The number of rotatable bonds is 4. The van der Waals surface area contributed by atoms with Crippen LogP contribution >= 0.6 is 11.6 Å². The molecule has 1 N–H and O–H groups in total. The number of benzene rings is 1. The molecule has 132 valence electrons. The molecule has 0 aliphatic carbocycles. The van der Waals surface area contributed by atoms with Gasteiger partial charge in [0.15, 0.2) is 10.7 Å². The van der Waals surface area contributed by atoms with E-state index in [9.17, 15) is 19.3 Å². The van der Waals surface area contributed by atoms with Gasteiger partial charge in [-0.1, -0.05) is 34.9 Å². The van der Waals surface area contributed by atoms with Crippen molar-refractivity contribution in [1.82, 2.24) is 20.0 Å². The molecule has 8 nitrogen and oxygen atoms in total. The number of carbonyl (C=O) groups is 1. The van der Waals surface area contributed by atoms with E-state index in [1.165, 1.54) is 11.0 Å². The number of nitrogens with one attached hydrogen (secondary N) is 1. The number of amides is 1. The third-order valence-electron chi connectivity index (χ3n) is 4.09. The minimum absolute atomic E-state index is 0.157. The van der Waals surface area contributed by atoms with E-state index in [1.807, 2.05) is 4.90 Å². The Kier molecular flexibility index (Phi) is 4.95. The third-order valence-corrected chi connectivity index (χ3v) is 4.44. The highest BCUT2D eigenvalue weighted by molar-refractivity contribution is 6.35. The molecule has 2 aromatic rings. The Bertz CT molecular complexity index is 804. The van der Waals surface area contributed by atoms with Crippen molar-refractivity contribution < 1.29 is 14.1 Å². The second-order valence-electron chi connectivity index (χ2n) is 5.65. The van der Waals surface area contributed by atoms with Gasteiger partial charge in [0.1, 0.15) is 5.82 Å². The molecule has 1 fully saturated rings. The van der Waals surface area contributed by atoms with Gasteiger partial charge in [0, 0.05) is 38.3 Å². The van der Waals surface area contributed by atoms with E-state index in [0.29, 0.717) is 38.3 Å². The van der Waals surface area contributed by atoms with Crippen molar-refractivity contribution >= 4 is 23.3 Å². The zero-order valence-corrected chi connectivity index (χ0v) is 13.9. The SMILES string of the molecule is O=C(c1n[nH]c([N+](=O)[O-])c1Cl)N1CCN(Cc2ccccc2F)CC1. The standard InChI is InChI=1S/C15H15ClFN5O3/c16-12-13(18-19-14(12)22(24)25)15(23)21-7-5-20(6-8-21)9-10-3-1-2-4-11(10)17/h1-4H,5-9H2,(H,18,19). The molecular formula is C15H15ClFN5O3. The fourth-order valence-electron chi connectivity index (χ4n) is 2.71. The van der Waals surface area contributed by atoms with Crippen molar-refractivity contribution in [2.24, 2.45) is 0 Å². The molecule has 3 rings (SSSR count). The first-order chi connectivity index (χ1) is 12.0. The maximum Gasteiger partial charge on any atom is 0.362 e. The summed E-state index contributed by atoms with van der Waals surface area (Å²) in [6.45, 7) is 2.40. The highest BCUT2D eigenvalue weighted by Gasteiger charge is 2.30.